The molecule has 0 saturated heterocycles. The highest BCUT2D eigenvalue weighted by molar-refractivity contribution is 9.10. The maximum Gasteiger partial charge on any atom is 0.122 e. The van der Waals surface area contributed by atoms with E-state index in [0.29, 0.717) is 6.61 Å². The number of nitrogens with zero attached hydrogens (tertiary/aromatic N) is 2. The van der Waals surface area contributed by atoms with E-state index in [1.165, 1.54) is 0 Å². The van der Waals surface area contributed by atoms with Crippen LogP contribution >= 0.6 is 15.9 Å². The number of rotatable bonds is 4. The van der Waals surface area contributed by atoms with Crippen molar-refractivity contribution in [3.05, 3.63) is 76.5 Å². The number of benzene rings is 2. The molecule has 1 heterocycles. The molecule has 3 rings (SSSR count). The minimum Gasteiger partial charge on any atom is -0.489 e. The van der Waals surface area contributed by atoms with Gasteiger partial charge in [-0.15, -0.1) is 0 Å². The lowest BCUT2D eigenvalue weighted by atomic mass is 10.2. The number of para-hydroxylation sites is 1. The lowest BCUT2D eigenvalue weighted by Gasteiger charge is -2.08. The van der Waals surface area contributed by atoms with Crippen LogP contribution in [0.1, 0.15) is 11.1 Å². The van der Waals surface area contributed by atoms with Gasteiger partial charge in [-0.1, -0.05) is 34.1 Å². The number of hydrogen-bond acceptors (Lipinski definition) is 2. The van der Waals surface area contributed by atoms with Crippen LogP contribution in [0.3, 0.4) is 0 Å². The molecule has 0 aliphatic heterocycles. The fourth-order valence-corrected chi connectivity index (χ4v) is 2.57. The SMILES string of the molecule is Cc1cc(Br)ccc1OCc1cnn(-c2ccccc2)c1. The predicted molar refractivity (Wildman–Crippen MR) is 86.8 cm³/mol. The van der Waals surface area contributed by atoms with Crippen molar-refractivity contribution in [2.24, 2.45) is 0 Å². The molecule has 4 heteroatoms. The Hall–Kier alpha value is -2.07. The Kier molecular flexibility index (Phi) is 4.06. The van der Waals surface area contributed by atoms with Gasteiger partial charge in [0.05, 0.1) is 11.9 Å². The van der Waals surface area contributed by atoms with Crippen LogP contribution in [-0.2, 0) is 6.61 Å². The normalized spacial score (nSPS) is 10.6. The molecule has 21 heavy (non-hydrogen) atoms. The zero-order chi connectivity index (χ0) is 14.7. The van der Waals surface area contributed by atoms with E-state index in [9.17, 15) is 0 Å². The van der Waals surface area contributed by atoms with E-state index in [4.69, 9.17) is 4.74 Å². The third-order valence-corrected chi connectivity index (χ3v) is 3.68. The van der Waals surface area contributed by atoms with Gasteiger partial charge in [0, 0.05) is 16.2 Å². The van der Waals surface area contributed by atoms with Gasteiger partial charge in [-0.3, -0.25) is 0 Å². The number of hydrogen-bond donors (Lipinski definition) is 0. The first-order chi connectivity index (χ1) is 10.2. The quantitative estimate of drug-likeness (QED) is 0.696. The van der Waals surface area contributed by atoms with Crippen molar-refractivity contribution in [3.8, 4) is 11.4 Å². The van der Waals surface area contributed by atoms with Crippen LogP contribution in [0.25, 0.3) is 5.69 Å². The summed E-state index contributed by atoms with van der Waals surface area (Å²) >= 11 is 3.45. The Balaban J connectivity index is 1.70. The first kappa shape index (κ1) is 13.9. The summed E-state index contributed by atoms with van der Waals surface area (Å²) in [5.41, 5.74) is 3.20. The van der Waals surface area contributed by atoms with E-state index in [-0.39, 0.29) is 0 Å². The largest absolute Gasteiger partial charge is 0.489 e. The molecule has 0 fully saturated rings. The fraction of sp³-hybridized carbons (Fsp3) is 0.118. The zero-order valence-electron chi connectivity index (χ0n) is 11.7. The highest BCUT2D eigenvalue weighted by atomic mass is 79.9. The van der Waals surface area contributed by atoms with E-state index in [0.717, 1.165) is 27.0 Å². The molecule has 0 bridgehead atoms. The molecule has 3 nitrogen and oxygen atoms in total. The summed E-state index contributed by atoms with van der Waals surface area (Å²) in [6, 6.07) is 16.0. The van der Waals surface area contributed by atoms with Crippen molar-refractivity contribution < 1.29 is 4.74 Å². The molecule has 0 aliphatic carbocycles. The van der Waals surface area contributed by atoms with Gasteiger partial charge in [-0.2, -0.15) is 5.10 Å². The van der Waals surface area contributed by atoms with Crippen molar-refractivity contribution in [1.29, 1.82) is 0 Å². The molecule has 3 aromatic rings. The topological polar surface area (TPSA) is 27.1 Å². The van der Waals surface area contributed by atoms with Crippen LogP contribution < -0.4 is 4.74 Å². The average Bonchev–Trinajstić information content (AvgIpc) is 2.96. The molecule has 0 atom stereocenters. The summed E-state index contributed by atoms with van der Waals surface area (Å²) in [5, 5.41) is 4.36. The highest BCUT2D eigenvalue weighted by Crippen LogP contribution is 2.23. The van der Waals surface area contributed by atoms with E-state index >= 15 is 0 Å². The van der Waals surface area contributed by atoms with Gasteiger partial charge in [-0.05, 0) is 42.8 Å². The molecule has 0 spiro atoms. The van der Waals surface area contributed by atoms with Crippen molar-refractivity contribution >= 4 is 15.9 Å². The summed E-state index contributed by atoms with van der Waals surface area (Å²) in [4.78, 5) is 0. The summed E-state index contributed by atoms with van der Waals surface area (Å²) < 4.78 is 8.77. The lowest BCUT2D eigenvalue weighted by molar-refractivity contribution is 0.304. The smallest absolute Gasteiger partial charge is 0.122 e. The molecule has 0 saturated carbocycles. The standard InChI is InChI=1S/C17H15BrN2O/c1-13-9-15(18)7-8-17(13)21-12-14-10-19-20(11-14)16-5-3-2-4-6-16/h2-11H,12H2,1H3. The second kappa shape index (κ2) is 6.14. The van der Waals surface area contributed by atoms with Crippen molar-refractivity contribution in [3.63, 3.8) is 0 Å². The molecule has 0 N–H and O–H groups in total. The van der Waals surface area contributed by atoms with Crippen molar-refractivity contribution in [2.75, 3.05) is 0 Å². The van der Waals surface area contributed by atoms with Crippen LogP contribution in [0.4, 0.5) is 0 Å². The minimum atomic E-state index is 0.509. The van der Waals surface area contributed by atoms with E-state index in [1.54, 1.807) is 0 Å². The fourth-order valence-electron chi connectivity index (χ4n) is 2.09. The minimum absolute atomic E-state index is 0.509. The third kappa shape index (κ3) is 3.34. The molecule has 1 aromatic heterocycles. The second-order valence-electron chi connectivity index (χ2n) is 4.83. The van der Waals surface area contributed by atoms with Crippen LogP contribution in [-0.4, -0.2) is 9.78 Å². The lowest BCUT2D eigenvalue weighted by Crippen LogP contribution is -1.96. The van der Waals surface area contributed by atoms with Crippen LogP contribution in [0, 0.1) is 6.92 Å². The van der Waals surface area contributed by atoms with Gasteiger partial charge in [0.2, 0.25) is 0 Å². The summed E-state index contributed by atoms with van der Waals surface area (Å²) in [7, 11) is 0. The average molecular weight is 343 g/mol. The molecule has 0 aliphatic rings. The Morgan fingerprint density at radius 3 is 2.71 bits per heavy atom. The number of ether oxygens (including phenoxy) is 1. The first-order valence-electron chi connectivity index (χ1n) is 6.70. The molecule has 0 amide bonds. The molecule has 2 aromatic carbocycles. The van der Waals surface area contributed by atoms with Gasteiger partial charge in [0.15, 0.2) is 0 Å². The number of halogens is 1. The molecular weight excluding hydrogens is 328 g/mol. The Bertz CT molecular complexity index is 738. The Morgan fingerprint density at radius 1 is 1.14 bits per heavy atom. The third-order valence-electron chi connectivity index (χ3n) is 3.19. The van der Waals surface area contributed by atoms with Crippen LogP contribution in [0.5, 0.6) is 5.75 Å². The molecule has 0 unspecified atom stereocenters. The van der Waals surface area contributed by atoms with E-state index in [1.807, 2.05) is 72.5 Å². The van der Waals surface area contributed by atoms with Crippen molar-refractivity contribution in [2.45, 2.75) is 13.5 Å². The molecular formula is C17H15BrN2O. The maximum atomic E-state index is 5.85. The van der Waals surface area contributed by atoms with Gasteiger partial charge >= 0.3 is 0 Å². The monoisotopic (exact) mass is 342 g/mol. The summed E-state index contributed by atoms with van der Waals surface area (Å²) in [5.74, 6) is 0.894. The van der Waals surface area contributed by atoms with Gasteiger partial charge < -0.3 is 4.74 Å². The summed E-state index contributed by atoms with van der Waals surface area (Å²) in [6.45, 7) is 2.54. The van der Waals surface area contributed by atoms with Gasteiger partial charge in [-0.25, -0.2) is 4.68 Å². The number of aromatic nitrogens is 2. The van der Waals surface area contributed by atoms with Gasteiger partial charge in [0.1, 0.15) is 12.4 Å². The Morgan fingerprint density at radius 2 is 1.95 bits per heavy atom. The molecule has 106 valence electrons. The summed E-state index contributed by atoms with van der Waals surface area (Å²) in [6.07, 6.45) is 3.82. The second-order valence-corrected chi connectivity index (χ2v) is 5.74. The van der Waals surface area contributed by atoms with Gasteiger partial charge in [0.25, 0.3) is 0 Å². The predicted octanol–water partition coefficient (Wildman–Crippen LogP) is 4.52. The van der Waals surface area contributed by atoms with E-state index < -0.39 is 0 Å². The first-order valence-corrected chi connectivity index (χ1v) is 7.49. The van der Waals surface area contributed by atoms with Crippen molar-refractivity contribution in [1.82, 2.24) is 9.78 Å². The number of aryl methyl sites for hydroxylation is 1. The van der Waals surface area contributed by atoms with E-state index in [2.05, 4.69) is 21.0 Å². The Labute approximate surface area is 132 Å². The highest BCUT2D eigenvalue weighted by Gasteiger charge is 2.04. The van der Waals surface area contributed by atoms with Crippen LogP contribution in [0.15, 0.2) is 65.4 Å². The maximum absolute atomic E-state index is 5.85. The van der Waals surface area contributed by atoms with Crippen LogP contribution in [0.2, 0.25) is 0 Å². The molecule has 0 radical (unpaired) electrons. The zero-order valence-corrected chi connectivity index (χ0v) is 13.2.